The Morgan fingerprint density at radius 2 is 2.40 bits per heavy atom. The van der Waals surface area contributed by atoms with Crippen molar-refractivity contribution in [2.45, 2.75) is 6.42 Å². The van der Waals surface area contributed by atoms with E-state index in [4.69, 9.17) is 5.73 Å². The highest BCUT2D eigenvalue weighted by Crippen LogP contribution is 2.19. The van der Waals surface area contributed by atoms with Crippen LogP contribution in [0.15, 0.2) is 17.1 Å². The topological polar surface area (TPSA) is 92.1 Å². The third-order valence-electron chi connectivity index (χ3n) is 2.45. The molecule has 0 spiro atoms. The fourth-order valence-corrected chi connectivity index (χ4v) is 1.64. The monoisotopic (exact) mass is 208 g/mol. The van der Waals surface area contributed by atoms with E-state index in [0.29, 0.717) is 25.5 Å². The summed E-state index contributed by atoms with van der Waals surface area (Å²) in [6, 6.07) is 1.31. The van der Waals surface area contributed by atoms with E-state index in [-0.39, 0.29) is 17.4 Å². The zero-order valence-corrected chi connectivity index (χ0v) is 8.14. The van der Waals surface area contributed by atoms with Crippen LogP contribution in [-0.2, 0) is 4.79 Å². The Morgan fingerprint density at radius 1 is 1.60 bits per heavy atom. The van der Waals surface area contributed by atoms with Crippen molar-refractivity contribution < 1.29 is 4.79 Å². The highest BCUT2D eigenvalue weighted by atomic mass is 16.2. The molecule has 1 aromatic heterocycles. The number of nitrogens with zero attached hydrogens (tertiary/aromatic N) is 2. The lowest BCUT2D eigenvalue weighted by Crippen LogP contribution is -2.29. The summed E-state index contributed by atoms with van der Waals surface area (Å²) < 4.78 is 0. The van der Waals surface area contributed by atoms with E-state index < -0.39 is 0 Å². The largest absolute Gasteiger partial charge is 0.330 e. The SMILES string of the molecule is NCC1CC(=O)N(c2nccc(=O)[nH]2)C1. The molecule has 1 aliphatic rings. The lowest BCUT2D eigenvalue weighted by atomic mass is 10.1. The van der Waals surface area contributed by atoms with E-state index in [9.17, 15) is 9.59 Å². The first-order chi connectivity index (χ1) is 7.20. The van der Waals surface area contributed by atoms with E-state index in [1.54, 1.807) is 0 Å². The summed E-state index contributed by atoms with van der Waals surface area (Å²) in [5.74, 6) is 0.422. The lowest BCUT2D eigenvalue weighted by Gasteiger charge is -2.13. The fourth-order valence-electron chi connectivity index (χ4n) is 1.64. The minimum absolute atomic E-state index is 0.0419. The van der Waals surface area contributed by atoms with E-state index in [1.807, 2.05) is 0 Å². The molecule has 1 amide bonds. The third-order valence-corrected chi connectivity index (χ3v) is 2.45. The van der Waals surface area contributed by atoms with Gasteiger partial charge in [-0.2, -0.15) is 0 Å². The molecule has 0 radical (unpaired) electrons. The predicted octanol–water partition coefficient (Wildman–Crippen LogP) is -0.919. The molecule has 1 atom stereocenters. The van der Waals surface area contributed by atoms with Crippen molar-refractivity contribution in [3.63, 3.8) is 0 Å². The predicted molar refractivity (Wildman–Crippen MR) is 54.4 cm³/mol. The van der Waals surface area contributed by atoms with Crippen molar-refractivity contribution in [1.29, 1.82) is 0 Å². The number of anilines is 1. The van der Waals surface area contributed by atoms with Crippen LogP contribution in [0.4, 0.5) is 5.95 Å². The van der Waals surface area contributed by atoms with Gasteiger partial charge in [0.25, 0.3) is 5.56 Å². The molecular formula is C9H12N4O2. The van der Waals surface area contributed by atoms with E-state index in [0.717, 1.165) is 0 Å². The van der Waals surface area contributed by atoms with Gasteiger partial charge in [-0.3, -0.25) is 19.5 Å². The van der Waals surface area contributed by atoms with Crippen LogP contribution in [0.3, 0.4) is 0 Å². The molecule has 1 aliphatic heterocycles. The summed E-state index contributed by atoms with van der Waals surface area (Å²) in [6.45, 7) is 1.00. The molecular weight excluding hydrogens is 196 g/mol. The Morgan fingerprint density at radius 3 is 3.00 bits per heavy atom. The molecule has 3 N–H and O–H groups in total. The first kappa shape index (κ1) is 9.85. The van der Waals surface area contributed by atoms with Crippen molar-refractivity contribution in [3.8, 4) is 0 Å². The third kappa shape index (κ3) is 1.89. The van der Waals surface area contributed by atoms with Gasteiger partial charge in [0.1, 0.15) is 0 Å². The Hall–Kier alpha value is -1.69. The maximum absolute atomic E-state index is 11.6. The van der Waals surface area contributed by atoms with Gasteiger partial charge < -0.3 is 5.73 Å². The van der Waals surface area contributed by atoms with Crippen molar-refractivity contribution >= 4 is 11.9 Å². The number of amides is 1. The van der Waals surface area contributed by atoms with Gasteiger partial charge in [0.05, 0.1) is 0 Å². The first-order valence-corrected chi connectivity index (χ1v) is 4.76. The van der Waals surface area contributed by atoms with Crippen LogP contribution in [0.1, 0.15) is 6.42 Å². The lowest BCUT2D eigenvalue weighted by molar-refractivity contribution is -0.117. The average Bonchev–Trinajstić information content (AvgIpc) is 2.60. The van der Waals surface area contributed by atoms with Crippen LogP contribution in [0, 0.1) is 5.92 Å². The maximum Gasteiger partial charge on any atom is 0.252 e. The van der Waals surface area contributed by atoms with Crippen LogP contribution in [0.5, 0.6) is 0 Å². The molecule has 2 heterocycles. The van der Waals surface area contributed by atoms with Gasteiger partial charge in [0.15, 0.2) is 0 Å². The van der Waals surface area contributed by atoms with Crippen molar-refractivity contribution in [2.75, 3.05) is 18.0 Å². The minimum atomic E-state index is -0.260. The van der Waals surface area contributed by atoms with Gasteiger partial charge in [-0.15, -0.1) is 0 Å². The second kappa shape index (κ2) is 3.82. The number of aromatic nitrogens is 2. The van der Waals surface area contributed by atoms with Crippen molar-refractivity contribution in [3.05, 3.63) is 22.6 Å². The van der Waals surface area contributed by atoms with Crippen LogP contribution >= 0.6 is 0 Å². The molecule has 6 nitrogen and oxygen atoms in total. The van der Waals surface area contributed by atoms with Gasteiger partial charge in [0.2, 0.25) is 11.9 Å². The van der Waals surface area contributed by atoms with Gasteiger partial charge in [-0.05, 0) is 12.5 Å². The highest BCUT2D eigenvalue weighted by molar-refractivity contribution is 5.93. The number of nitrogens with one attached hydrogen (secondary N) is 1. The Labute approximate surface area is 86.1 Å². The molecule has 0 bridgehead atoms. The standard InChI is InChI=1S/C9H12N4O2/c10-4-6-3-8(15)13(5-6)9-11-2-1-7(14)12-9/h1-2,6H,3-5,10H2,(H,11,12,14). The summed E-state index contributed by atoms with van der Waals surface area (Å²) in [5.41, 5.74) is 5.23. The number of carbonyl (C=O) groups is 1. The van der Waals surface area contributed by atoms with Crippen LogP contribution in [0.25, 0.3) is 0 Å². The maximum atomic E-state index is 11.6. The molecule has 15 heavy (non-hydrogen) atoms. The van der Waals surface area contributed by atoms with Gasteiger partial charge in [-0.25, -0.2) is 4.98 Å². The second-order valence-corrected chi connectivity index (χ2v) is 3.57. The minimum Gasteiger partial charge on any atom is -0.330 e. The van der Waals surface area contributed by atoms with E-state index >= 15 is 0 Å². The smallest absolute Gasteiger partial charge is 0.252 e. The number of hydrogen-bond donors (Lipinski definition) is 2. The van der Waals surface area contributed by atoms with Crippen molar-refractivity contribution in [1.82, 2.24) is 9.97 Å². The first-order valence-electron chi connectivity index (χ1n) is 4.76. The Bertz CT molecular complexity index is 428. The molecule has 0 saturated carbocycles. The molecule has 0 aromatic carbocycles. The van der Waals surface area contributed by atoms with Gasteiger partial charge in [0, 0.05) is 25.2 Å². The molecule has 1 unspecified atom stereocenters. The summed E-state index contributed by atoms with van der Waals surface area (Å²) in [6.07, 6.45) is 1.81. The van der Waals surface area contributed by atoms with Crippen LogP contribution in [-0.4, -0.2) is 29.0 Å². The van der Waals surface area contributed by atoms with Crippen LogP contribution < -0.4 is 16.2 Å². The summed E-state index contributed by atoms with van der Waals surface area (Å²) in [7, 11) is 0. The number of hydrogen-bond acceptors (Lipinski definition) is 4. The van der Waals surface area contributed by atoms with E-state index in [2.05, 4.69) is 9.97 Å². The number of aromatic amines is 1. The molecule has 1 saturated heterocycles. The average molecular weight is 208 g/mol. The fraction of sp³-hybridized carbons (Fsp3) is 0.444. The van der Waals surface area contributed by atoms with Gasteiger partial charge >= 0.3 is 0 Å². The highest BCUT2D eigenvalue weighted by Gasteiger charge is 2.30. The summed E-state index contributed by atoms with van der Waals surface area (Å²) in [4.78, 5) is 30.6. The number of nitrogens with two attached hydrogens (primary N) is 1. The molecule has 6 heteroatoms. The number of rotatable bonds is 2. The molecule has 80 valence electrons. The molecule has 2 rings (SSSR count). The van der Waals surface area contributed by atoms with Crippen molar-refractivity contribution in [2.24, 2.45) is 11.7 Å². The quantitative estimate of drug-likeness (QED) is 0.657. The molecule has 1 fully saturated rings. The summed E-state index contributed by atoms with van der Waals surface area (Å²) in [5, 5.41) is 0. The molecule has 1 aromatic rings. The Kier molecular flexibility index (Phi) is 2.51. The number of carbonyl (C=O) groups excluding carboxylic acids is 1. The molecule has 0 aliphatic carbocycles. The second-order valence-electron chi connectivity index (χ2n) is 3.57. The van der Waals surface area contributed by atoms with Gasteiger partial charge in [-0.1, -0.05) is 0 Å². The van der Waals surface area contributed by atoms with Crippen LogP contribution in [0.2, 0.25) is 0 Å². The zero-order chi connectivity index (χ0) is 10.8. The van der Waals surface area contributed by atoms with E-state index in [1.165, 1.54) is 17.2 Å². The number of H-pyrrole nitrogens is 1. The Balaban J connectivity index is 2.25. The summed E-state index contributed by atoms with van der Waals surface area (Å²) >= 11 is 0. The zero-order valence-electron chi connectivity index (χ0n) is 8.14. The normalized spacial score (nSPS) is 21.0.